The number of carbonyl (C=O) groups excluding carboxylic acids is 4. The van der Waals surface area contributed by atoms with Crippen molar-refractivity contribution in [2.75, 3.05) is 0 Å². The first-order valence-corrected chi connectivity index (χ1v) is 14.7. The molecule has 0 amide bonds. The highest BCUT2D eigenvalue weighted by atomic mass is 16.6. The summed E-state index contributed by atoms with van der Waals surface area (Å²) in [6, 6.07) is 12.2. The van der Waals surface area contributed by atoms with Gasteiger partial charge in [-0.05, 0) is 48.5 Å². The number of nitrogens with zero attached hydrogens (tertiary/aromatic N) is 4. The first kappa shape index (κ1) is 29.2. The fraction of sp³-hybridized carbons (Fsp3) is 0.294. The van der Waals surface area contributed by atoms with Crippen molar-refractivity contribution in [3.8, 4) is 0 Å². The van der Waals surface area contributed by atoms with Crippen LogP contribution >= 0.6 is 0 Å². The van der Waals surface area contributed by atoms with E-state index in [4.69, 9.17) is 18.9 Å². The molecule has 4 heterocycles. The zero-order valence-electron chi connectivity index (χ0n) is 24.5. The van der Waals surface area contributed by atoms with E-state index in [2.05, 4.69) is 19.9 Å². The van der Waals surface area contributed by atoms with Crippen molar-refractivity contribution >= 4 is 23.9 Å². The molecular formula is C34H28N4O8. The number of hydrogen-bond donors (Lipinski definition) is 0. The van der Waals surface area contributed by atoms with Crippen LogP contribution in [0.15, 0.2) is 98.1 Å². The van der Waals surface area contributed by atoms with Gasteiger partial charge in [0.25, 0.3) is 0 Å². The summed E-state index contributed by atoms with van der Waals surface area (Å²) in [7, 11) is 0. The second kappa shape index (κ2) is 11.1. The van der Waals surface area contributed by atoms with Crippen molar-refractivity contribution < 1.29 is 38.1 Å². The lowest BCUT2D eigenvalue weighted by Crippen LogP contribution is -2.74. The van der Waals surface area contributed by atoms with Crippen LogP contribution in [0.4, 0.5) is 0 Å². The Hall–Kier alpha value is -5.52. The normalized spacial score (nSPS) is 27.3. The molecule has 12 nitrogen and oxygen atoms in total. The Labute approximate surface area is 263 Å². The second-order valence-corrected chi connectivity index (χ2v) is 12.3. The van der Waals surface area contributed by atoms with Crippen LogP contribution in [-0.4, -0.2) is 66.2 Å². The highest BCUT2D eigenvalue weighted by molar-refractivity contribution is 5.92. The van der Waals surface area contributed by atoms with Gasteiger partial charge in [-0.15, -0.1) is 0 Å². The van der Waals surface area contributed by atoms with Gasteiger partial charge >= 0.3 is 23.9 Å². The van der Waals surface area contributed by atoms with Gasteiger partial charge in [-0.2, -0.15) is 0 Å². The lowest BCUT2D eigenvalue weighted by molar-refractivity contribution is -0.292. The SMILES string of the molecule is O=C(OC12CC3(OC(=O)c4ccncc4)CC(OC(=O)c4ccncc4)(C1)CC(OC(=O)c1ccncc1)(C2)C3)c1ccncc1. The average Bonchev–Trinajstić information content (AvgIpc) is 3.05. The van der Waals surface area contributed by atoms with E-state index in [0.29, 0.717) is 0 Å². The molecule has 8 rings (SSSR count). The monoisotopic (exact) mass is 620 g/mol. The molecule has 4 aromatic heterocycles. The first-order valence-electron chi connectivity index (χ1n) is 14.7. The summed E-state index contributed by atoms with van der Waals surface area (Å²) in [4.78, 5) is 70.2. The lowest BCUT2D eigenvalue weighted by atomic mass is 9.48. The van der Waals surface area contributed by atoms with Crippen molar-refractivity contribution in [1.29, 1.82) is 0 Å². The second-order valence-electron chi connectivity index (χ2n) is 12.3. The minimum atomic E-state index is -1.33. The fourth-order valence-electron chi connectivity index (χ4n) is 7.68. The number of aromatic nitrogens is 4. The van der Waals surface area contributed by atoms with Crippen LogP contribution in [0.3, 0.4) is 0 Å². The van der Waals surface area contributed by atoms with E-state index in [9.17, 15) is 19.2 Å². The van der Waals surface area contributed by atoms with Gasteiger partial charge in [-0.25, -0.2) is 19.2 Å². The van der Waals surface area contributed by atoms with Crippen LogP contribution in [-0.2, 0) is 18.9 Å². The predicted octanol–water partition coefficient (Wildman–Crippen LogP) is 4.33. The minimum Gasteiger partial charge on any atom is -0.455 e. The van der Waals surface area contributed by atoms with Crippen molar-refractivity contribution in [1.82, 2.24) is 19.9 Å². The van der Waals surface area contributed by atoms with Gasteiger partial charge in [0.05, 0.1) is 22.3 Å². The molecule has 0 spiro atoms. The van der Waals surface area contributed by atoms with Crippen molar-refractivity contribution in [2.45, 2.75) is 60.9 Å². The van der Waals surface area contributed by atoms with Gasteiger partial charge in [0, 0.05) is 88.1 Å². The van der Waals surface area contributed by atoms with E-state index >= 15 is 0 Å². The standard InChI is InChI=1S/C34H28N4O8/c39-27(23-1-9-35-10-2-23)43-31-17-32(44-28(40)24-3-11-36-12-4-24)20-33(18-31,45-29(41)25-5-13-37-14-6-25)22-34(19-31,21-32)46-30(42)26-7-15-38-16-8-26/h1-16H,17-22H2. The summed E-state index contributed by atoms with van der Waals surface area (Å²) in [5.74, 6) is -2.53. The third kappa shape index (κ3) is 5.57. The lowest BCUT2D eigenvalue weighted by Gasteiger charge is -2.66. The molecule has 46 heavy (non-hydrogen) atoms. The van der Waals surface area contributed by atoms with Gasteiger partial charge in [0.2, 0.25) is 0 Å². The summed E-state index contributed by atoms with van der Waals surface area (Å²) in [5.41, 5.74) is -4.26. The van der Waals surface area contributed by atoms with E-state index in [-0.39, 0.29) is 60.8 Å². The molecule has 0 saturated heterocycles. The molecule has 0 unspecified atom stereocenters. The maximum Gasteiger partial charge on any atom is 0.338 e. The number of hydrogen-bond acceptors (Lipinski definition) is 12. The van der Waals surface area contributed by atoms with Gasteiger partial charge < -0.3 is 18.9 Å². The molecular weight excluding hydrogens is 592 g/mol. The number of pyridine rings is 4. The summed E-state index contributed by atoms with van der Waals surface area (Å²) in [6.45, 7) is 0. The Morgan fingerprint density at radius 2 is 0.543 bits per heavy atom. The number of carbonyl (C=O) groups is 4. The highest BCUT2D eigenvalue weighted by Gasteiger charge is 2.74. The topological polar surface area (TPSA) is 157 Å². The Balaban J connectivity index is 1.32. The molecule has 4 bridgehead atoms. The molecule has 0 atom stereocenters. The molecule has 12 heteroatoms. The Morgan fingerprint density at radius 1 is 0.370 bits per heavy atom. The highest BCUT2D eigenvalue weighted by Crippen LogP contribution is 2.66. The van der Waals surface area contributed by atoms with E-state index in [1.807, 2.05) is 0 Å². The molecule has 4 aliphatic carbocycles. The smallest absolute Gasteiger partial charge is 0.338 e. The van der Waals surface area contributed by atoms with Crippen LogP contribution in [0.25, 0.3) is 0 Å². The van der Waals surface area contributed by atoms with Gasteiger partial charge in [0.15, 0.2) is 0 Å². The molecule has 0 aromatic carbocycles. The maximum atomic E-state index is 13.6. The summed E-state index contributed by atoms with van der Waals surface area (Å²) in [6.07, 6.45) is 12.5. The molecule has 232 valence electrons. The molecule has 0 aliphatic heterocycles. The van der Waals surface area contributed by atoms with Gasteiger partial charge in [-0.1, -0.05) is 0 Å². The molecule has 0 N–H and O–H groups in total. The zero-order chi connectivity index (χ0) is 31.8. The molecule has 4 saturated carbocycles. The minimum absolute atomic E-state index is 0.108. The molecule has 0 radical (unpaired) electrons. The van der Waals surface area contributed by atoms with Crippen LogP contribution in [0, 0.1) is 0 Å². The van der Waals surface area contributed by atoms with Gasteiger partial charge in [-0.3, -0.25) is 19.9 Å². The fourth-order valence-corrected chi connectivity index (χ4v) is 7.68. The van der Waals surface area contributed by atoms with Crippen molar-refractivity contribution in [2.24, 2.45) is 0 Å². The Bertz CT molecular complexity index is 1490. The molecule has 4 fully saturated rings. The van der Waals surface area contributed by atoms with Crippen molar-refractivity contribution in [3.63, 3.8) is 0 Å². The number of ether oxygens (including phenoxy) is 4. The number of esters is 4. The molecule has 4 aromatic rings. The van der Waals surface area contributed by atoms with E-state index in [0.717, 1.165) is 0 Å². The van der Waals surface area contributed by atoms with Crippen LogP contribution in [0.2, 0.25) is 0 Å². The van der Waals surface area contributed by atoms with E-state index in [1.165, 1.54) is 98.1 Å². The average molecular weight is 621 g/mol. The van der Waals surface area contributed by atoms with E-state index in [1.54, 1.807) is 0 Å². The van der Waals surface area contributed by atoms with Crippen LogP contribution in [0.1, 0.15) is 80.0 Å². The van der Waals surface area contributed by atoms with Gasteiger partial charge in [0.1, 0.15) is 22.4 Å². The molecule has 4 aliphatic rings. The number of rotatable bonds is 8. The Morgan fingerprint density at radius 3 is 0.717 bits per heavy atom. The predicted molar refractivity (Wildman–Crippen MR) is 157 cm³/mol. The van der Waals surface area contributed by atoms with Crippen molar-refractivity contribution in [3.05, 3.63) is 120 Å². The van der Waals surface area contributed by atoms with Crippen LogP contribution in [0.5, 0.6) is 0 Å². The Kier molecular flexibility index (Phi) is 7.07. The van der Waals surface area contributed by atoms with E-state index < -0.39 is 46.3 Å². The third-order valence-electron chi connectivity index (χ3n) is 8.77. The largest absolute Gasteiger partial charge is 0.455 e. The maximum absolute atomic E-state index is 13.6. The van der Waals surface area contributed by atoms with Crippen LogP contribution < -0.4 is 0 Å². The third-order valence-corrected chi connectivity index (χ3v) is 8.77. The summed E-state index contributed by atoms with van der Waals surface area (Å²) >= 11 is 0. The zero-order valence-corrected chi connectivity index (χ0v) is 24.5. The quantitative estimate of drug-likeness (QED) is 0.203. The first-order chi connectivity index (χ1) is 22.2. The summed E-state index contributed by atoms with van der Waals surface area (Å²) < 4.78 is 25.2. The summed E-state index contributed by atoms with van der Waals surface area (Å²) in [5, 5.41) is 0.